The van der Waals surface area contributed by atoms with Crippen LogP contribution in [-0.2, 0) is 5.72 Å². The SMILES string of the molecule is Cc1cc(=O)nc2n1C(O)(c1cccc([N+](=O)[O-])c1)CS2. The number of fused-ring (bicyclic) bond motifs is 1. The van der Waals surface area contributed by atoms with E-state index in [0.29, 0.717) is 16.4 Å². The van der Waals surface area contributed by atoms with E-state index >= 15 is 0 Å². The third-order valence-corrected chi connectivity index (χ3v) is 4.45. The van der Waals surface area contributed by atoms with Gasteiger partial charge in [-0.25, -0.2) is 0 Å². The van der Waals surface area contributed by atoms with Crippen molar-refractivity contribution in [3.63, 3.8) is 0 Å². The highest BCUT2D eigenvalue weighted by molar-refractivity contribution is 7.99. The van der Waals surface area contributed by atoms with Crippen molar-refractivity contribution in [3.05, 3.63) is 62.1 Å². The Hall–Kier alpha value is -2.19. The molecule has 108 valence electrons. The van der Waals surface area contributed by atoms with E-state index in [1.54, 1.807) is 13.0 Å². The van der Waals surface area contributed by atoms with E-state index < -0.39 is 10.6 Å². The second-order valence-electron chi connectivity index (χ2n) is 4.77. The third kappa shape index (κ3) is 2.12. The van der Waals surface area contributed by atoms with Crippen molar-refractivity contribution in [2.45, 2.75) is 17.8 Å². The molecule has 2 aromatic rings. The van der Waals surface area contributed by atoms with Crippen LogP contribution in [0.2, 0.25) is 0 Å². The van der Waals surface area contributed by atoms with Crippen molar-refractivity contribution in [1.29, 1.82) is 0 Å². The molecule has 0 saturated heterocycles. The summed E-state index contributed by atoms with van der Waals surface area (Å²) in [6, 6.07) is 7.19. The molecule has 7 nitrogen and oxygen atoms in total. The van der Waals surface area contributed by atoms with Crippen LogP contribution in [-0.4, -0.2) is 25.3 Å². The highest BCUT2D eigenvalue weighted by Gasteiger charge is 2.40. The van der Waals surface area contributed by atoms with Crippen molar-refractivity contribution in [2.24, 2.45) is 0 Å². The lowest BCUT2D eigenvalue weighted by molar-refractivity contribution is -0.385. The van der Waals surface area contributed by atoms with Crippen LogP contribution in [0.25, 0.3) is 0 Å². The maximum atomic E-state index is 11.4. The van der Waals surface area contributed by atoms with Gasteiger partial charge in [0.2, 0.25) is 0 Å². The van der Waals surface area contributed by atoms with Crippen molar-refractivity contribution in [3.8, 4) is 0 Å². The molecule has 1 aliphatic rings. The van der Waals surface area contributed by atoms with Gasteiger partial charge in [-0.15, -0.1) is 0 Å². The van der Waals surface area contributed by atoms with Gasteiger partial charge in [0.05, 0.1) is 10.7 Å². The predicted molar refractivity (Wildman–Crippen MR) is 76.3 cm³/mol. The zero-order chi connectivity index (χ0) is 15.2. The minimum absolute atomic E-state index is 0.0916. The Bertz CT molecular complexity index is 804. The van der Waals surface area contributed by atoms with Gasteiger partial charge in [-0.2, -0.15) is 4.98 Å². The number of nitrogens with zero attached hydrogens (tertiary/aromatic N) is 3. The number of benzene rings is 1. The fourth-order valence-corrected chi connectivity index (χ4v) is 3.63. The summed E-state index contributed by atoms with van der Waals surface area (Å²) in [6.45, 7) is 1.70. The molecule has 1 unspecified atom stereocenters. The number of rotatable bonds is 2. The Kier molecular flexibility index (Phi) is 3.07. The molecule has 21 heavy (non-hydrogen) atoms. The summed E-state index contributed by atoms with van der Waals surface area (Å²) in [7, 11) is 0. The second kappa shape index (κ2) is 4.68. The molecule has 1 N–H and O–H groups in total. The molecule has 0 spiro atoms. The molecule has 3 rings (SSSR count). The molecule has 1 aliphatic heterocycles. The number of thioether (sulfide) groups is 1. The first kappa shape index (κ1) is 13.8. The molecule has 1 atom stereocenters. The van der Waals surface area contributed by atoms with Gasteiger partial charge in [0.1, 0.15) is 0 Å². The Labute approximate surface area is 123 Å². The largest absolute Gasteiger partial charge is 0.366 e. The van der Waals surface area contributed by atoms with Gasteiger partial charge in [-0.3, -0.25) is 19.5 Å². The third-order valence-electron chi connectivity index (χ3n) is 3.37. The summed E-state index contributed by atoms with van der Waals surface area (Å²) in [5.74, 6) is 0.242. The van der Waals surface area contributed by atoms with Gasteiger partial charge in [-0.1, -0.05) is 23.9 Å². The van der Waals surface area contributed by atoms with Crippen LogP contribution in [0.4, 0.5) is 5.69 Å². The molecule has 0 fully saturated rings. The van der Waals surface area contributed by atoms with E-state index in [1.807, 2.05) is 0 Å². The Balaban J connectivity index is 2.19. The predicted octanol–water partition coefficient (Wildman–Crippen LogP) is 1.26. The van der Waals surface area contributed by atoms with Crippen LogP contribution in [0.15, 0.2) is 40.3 Å². The van der Waals surface area contributed by atoms with Crippen LogP contribution in [0.1, 0.15) is 11.3 Å². The molecule has 0 amide bonds. The summed E-state index contributed by atoms with van der Waals surface area (Å²) in [6.07, 6.45) is 0. The summed E-state index contributed by atoms with van der Waals surface area (Å²) in [5.41, 5.74) is -0.947. The number of non-ortho nitro benzene ring substituents is 1. The van der Waals surface area contributed by atoms with Crippen molar-refractivity contribution in [1.82, 2.24) is 9.55 Å². The summed E-state index contributed by atoms with van der Waals surface area (Å²) >= 11 is 1.24. The van der Waals surface area contributed by atoms with Crippen molar-refractivity contribution in [2.75, 3.05) is 5.75 Å². The first-order valence-electron chi connectivity index (χ1n) is 6.13. The van der Waals surface area contributed by atoms with E-state index in [2.05, 4.69) is 4.98 Å². The maximum Gasteiger partial charge on any atom is 0.273 e. The normalized spacial score (nSPS) is 20.3. The van der Waals surface area contributed by atoms with Crippen LogP contribution in [0, 0.1) is 17.0 Å². The topological polar surface area (TPSA) is 98.3 Å². The van der Waals surface area contributed by atoms with E-state index in [4.69, 9.17) is 0 Å². The second-order valence-corrected chi connectivity index (χ2v) is 5.71. The number of aryl methyl sites for hydroxylation is 1. The van der Waals surface area contributed by atoms with Crippen LogP contribution in [0.5, 0.6) is 0 Å². The summed E-state index contributed by atoms with van der Waals surface area (Å²) in [4.78, 5) is 25.7. The monoisotopic (exact) mass is 305 g/mol. The average Bonchev–Trinajstić information content (AvgIpc) is 2.77. The van der Waals surface area contributed by atoms with Gasteiger partial charge in [-0.05, 0) is 6.92 Å². The molecule has 2 heterocycles. The van der Waals surface area contributed by atoms with Gasteiger partial charge in [0, 0.05) is 29.5 Å². The first-order valence-corrected chi connectivity index (χ1v) is 7.12. The average molecular weight is 305 g/mol. The zero-order valence-corrected chi connectivity index (χ0v) is 11.8. The van der Waals surface area contributed by atoms with E-state index in [-0.39, 0.29) is 17.0 Å². The summed E-state index contributed by atoms with van der Waals surface area (Å²) < 4.78 is 1.54. The number of aromatic nitrogens is 2. The number of nitro benzene ring substituents is 1. The zero-order valence-electron chi connectivity index (χ0n) is 11.0. The van der Waals surface area contributed by atoms with Gasteiger partial charge in [0.15, 0.2) is 10.9 Å². The maximum absolute atomic E-state index is 11.4. The number of aliphatic hydroxyl groups is 1. The lowest BCUT2D eigenvalue weighted by atomic mass is 10.0. The van der Waals surface area contributed by atoms with Crippen LogP contribution >= 0.6 is 11.8 Å². The standard InChI is InChI=1S/C13H11N3O4S/c1-8-5-11(17)14-12-15(8)13(18,7-21-12)9-3-2-4-10(6-9)16(19)20/h2-6,18H,7H2,1H3. The molecule has 8 heteroatoms. The lowest BCUT2D eigenvalue weighted by Crippen LogP contribution is -2.36. The quantitative estimate of drug-likeness (QED) is 0.509. The molecule has 0 radical (unpaired) electrons. The molecule has 0 aliphatic carbocycles. The Morgan fingerprint density at radius 1 is 1.48 bits per heavy atom. The lowest BCUT2D eigenvalue weighted by Gasteiger charge is -2.27. The molecule has 1 aromatic heterocycles. The number of hydrogen-bond acceptors (Lipinski definition) is 6. The first-order chi connectivity index (χ1) is 9.91. The van der Waals surface area contributed by atoms with Gasteiger partial charge in [0.25, 0.3) is 11.2 Å². The van der Waals surface area contributed by atoms with Crippen molar-refractivity contribution < 1.29 is 10.0 Å². The fraction of sp³-hybridized carbons (Fsp3) is 0.231. The molecule has 0 bridgehead atoms. The Morgan fingerprint density at radius 3 is 2.95 bits per heavy atom. The summed E-state index contributed by atoms with van der Waals surface area (Å²) in [5, 5.41) is 22.3. The highest BCUT2D eigenvalue weighted by atomic mass is 32.2. The highest BCUT2D eigenvalue weighted by Crippen LogP contribution is 2.40. The van der Waals surface area contributed by atoms with Crippen LogP contribution < -0.4 is 5.56 Å². The Morgan fingerprint density at radius 2 is 2.24 bits per heavy atom. The van der Waals surface area contributed by atoms with E-state index in [1.165, 1.54) is 40.6 Å². The molecule has 0 saturated carbocycles. The van der Waals surface area contributed by atoms with E-state index in [0.717, 1.165) is 0 Å². The number of nitro groups is 1. The molecular weight excluding hydrogens is 294 g/mol. The van der Waals surface area contributed by atoms with E-state index in [9.17, 15) is 20.0 Å². The number of hydrogen-bond donors (Lipinski definition) is 1. The van der Waals surface area contributed by atoms with Gasteiger partial charge >= 0.3 is 0 Å². The molecular formula is C13H11N3O4S. The van der Waals surface area contributed by atoms with Crippen LogP contribution in [0.3, 0.4) is 0 Å². The van der Waals surface area contributed by atoms with Crippen molar-refractivity contribution >= 4 is 17.4 Å². The van der Waals surface area contributed by atoms with Gasteiger partial charge < -0.3 is 5.11 Å². The minimum Gasteiger partial charge on any atom is -0.366 e. The minimum atomic E-state index is -1.45. The smallest absolute Gasteiger partial charge is 0.273 e. The molecule has 1 aromatic carbocycles. The fourth-order valence-electron chi connectivity index (χ4n) is 2.43.